The molecule has 1 unspecified atom stereocenters. The fourth-order valence-corrected chi connectivity index (χ4v) is 6.85. The number of halogens is 2. The van der Waals surface area contributed by atoms with E-state index >= 15 is 0 Å². The first-order valence-electron chi connectivity index (χ1n) is 13.6. The summed E-state index contributed by atoms with van der Waals surface area (Å²) in [6.45, 7) is 7.43. The third-order valence-corrected chi connectivity index (χ3v) is 9.00. The van der Waals surface area contributed by atoms with Crippen molar-refractivity contribution in [3.05, 3.63) is 35.4 Å². The van der Waals surface area contributed by atoms with Gasteiger partial charge in [-0.3, -0.25) is 19.2 Å². The van der Waals surface area contributed by atoms with Crippen LogP contribution in [0.5, 0.6) is 0 Å². The van der Waals surface area contributed by atoms with Gasteiger partial charge in [0.1, 0.15) is 16.4 Å². The van der Waals surface area contributed by atoms with E-state index in [0.29, 0.717) is 19.3 Å². The summed E-state index contributed by atoms with van der Waals surface area (Å²) in [5.74, 6) is -4.27. The number of nitrogens with one attached hydrogen (secondary N) is 3. The molecule has 0 aromatic heterocycles. The Bertz CT molecular complexity index is 1190. The maximum Gasteiger partial charge on any atom is 0.315 e. The molecule has 1 heterocycles. The maximum absolute atomic E-state index is 14.2. The number of amides is 5. The molecule has 1 aromatic rings. The molecular weight excluding hydrogens is 557 g/mol. The number of fused-ring (bicyclic) bond motifs is 2. The van der Waals surface area contributed by atoms with E-state index in [1.54, 1.807) is 6.92 Å². The van der Waals surface area contributed by atoms with E-state index in [1.807, 2.05) is 45.0 Å². The van der Waals surface area contributed by atoms with Gasteiger partial charge in [0.2, 0.25) is 17.6 Å². The van der Waals surface area contributed by atoms with Crippen molar-refractivity contribution >= 4 is 52.7 Å². The fraction of sp³-hybridized carbons (Fsp3) is 0.607. The van der Waals surface area contributed by atoms with E-state index < -0.39 is 63.5 Å². The predicted molar refractivity (Wildman–Crippen MR) is 151 cm³/mol. The number of ketones is 1. The van der Waals surface area contributed by atoms with Crippen molar-refractivity contribution in [1.82, 2.24) is 20.9 Å². The summed E-state index contributed by atoms with van der Waals surface area (Å²) in [7, 11) is 0. The summed E-state index contributed by atoms with van der Waals surface area (Å²) < 4.78 is -1.21. The van der Waals surface area contributed by atoms with Crippen LogP contribution in [0.4, 0.5) is 4.79 Å². The highest BCUT2D eigenvalue weighted by Crippen LogP contribution is 2.65. The zero-order chi connectivity index (χ0) is 29.6. The molecule has 0 spiro atoms. The lowest BCUT2D eigenvalue weighted by Crippen LogP contribution is -2.61. The highest BCUT2D eigenvalue weighted by atomic mass is 35.5. The zero-order valence-electron chi connectivity index (χ0n) is 23.1. The summed E-state index contributed by atoms with van der Waals surface area (Å²) in [6, 6.07) is 4.26. The van der Waals surface area contributed by atoms with Gasteiger partial charge in [-0.1, -0.05) is 37.6 Å². The summed E-state index contributed by atoms with van der Waals surface area (Å²) in [4.78, 5) is 66.1. The number of benzene rings is 1. The van der Waals surface area contributed by atoms with Crippen LogP contribution >= 0.6 is 23.2 Å². The molecule has 1 aliphatic heterocycles. The smallest absolute Gasteiger partial charge is 0.315 e. The molecular formula is C28H37Cl2N5O5. The van der Waals surface area contributed by atoms with Gasteiger partial charge in [-0.2, -0.15) is 0 Å². The van der Waals surface area contributed by atoms with Crippen LogP contribution < -0.4 is 21.7 Å². The van der Waals surface area contributed by atoms with Crippen molar-refractivity contribution in [2.45, 2.75) is 81.4 Å². The highest BCUT2D eigenvalue weighted by molar-refractivity contribution is 6.51. The normalized spacial score (nSPS) is 24.4. The molecule has 12 heteroatoms. The number of primary amides is 1. The summed E-state index contributed by atoms with van der Waals surface area (Å²) in [5.41, 5.74) is 6.87. The predicted octanol–water partition coefficient (Wildman–Crippen LogP) is 1.84. The molecule has 2 fully saturated rings. The molecule has 5 atom stereocenters. The van der Waals surface area contributed by atoms with E-state index in [9.17, 15) is 24.0 Å². The second-order valence-corrected chi connectivity index (χ2v) is 13.5. The van der Waals surface area contributed by atoms with Crippen molar-refractivity contribution in [1.29, 1.82) is 0 Å². The first-order valence-corrected chi connectivity index (χ1v) is 14.4. The third-order valence-electron chi connectivity index (χ3n) is 7.93. The molecule has 0 bridgehead atoms. The molecule has 5 N–H and O–H groups in total. The van der Waals surface area contributed by atoms with E-state index in [0.717, 1.165) is 11.1 Å². The van der Waals surface area contributed by atoms with E-state index in [2.05, 4.69) is 16.0 Å². The Morgan fingerprint density at radius 2 is 1.68 bits per heavy atom. The second-order valence-electron chi connectivity index (χ2n) is 12.1. The Kier molecular flexibility index (Phi) is 8.43. The minimum absolute atomic E-state index is 0.121. The van der Waals surface area contributed by atoms with Crippen molar-refractivity contribution in [2.75, 3.05) is 6.54 Å². The van der Waals surface area contributed by atoms with Gasteiger partial charge >= 0.3 is 6.03 Å². The lowest BCUT2D eigenvalue weighted by atomic mass is 9.94. The molecule has 2 aliphatic carbocycles. The minimum atomic E-state index is -1.21. The van der Waals surface area contributed by atoms with Gasteiger partial charge in [-0.05, 0) is 57.1 Å². The lowest BCUT2D eigenvalue weighted by molar-refractivity contribution is -0.143. The highest BCUT2D eigenvalue weighted by Gasteiger charge is 2.74. The first kappa shape index (κ1) is 30.1. The SMILES string of the molecule is CCCC(NC(=O)[C@@H]1[C@@H]2[C@H](CN1C(=O)[C@@H](NC(=O)NC(C)(C)C)C1Cc3ccccc3C1)C2(Cl)Cl)C(=O)C(N)=O. The number of likely N-dealkylation sites (tertiary alicyclic amines) is 1. The summed E-state index contributed by atoms with van der Waals surface area (Å²) in [5, 5.41) is 8.34. The standard InChI is InChI=1S/C28H37Cl2N5O5/c1-5-8-18(22(36)23(31)37)32-24(38)21-19-17(28(19,29)30)13-35(21)25(39)20(33-26(40)34-27(2,3)4)16-11-14-9-6-7-10-15(14)12-16/h6-7,9-10,16-21H,5,8,11-13H2,1-4H3,(H2,31,37)(H,32,38)(H2,33,34,40)/t17-,18?,19-,20-,21-/m0/s1. The van der Waals surface area contributed by atoms with Crippen molar-refractivity contribution in [2.24, 2.45) is 23.5 Å². The van der Waals surface area contributed by atoms with Crippen LogP contribution in [-0.4, -0.2) is 69.0 Å². The molecule has 0 radical (unpaired) electrons. The Morgan fingerprint density at radius 3 is 2.20 bits per heavy atom. The van der Waals surface area contributed by atoms with Crippen LogP contribution in [0.15, 0.2) is 24.3 Å². The maximum atomic E-state index is 14.2. The Balaban J connectivity index is 1.60. The van der Waals surface area contributed by atoms with Gasteiger partial charge in [0.05, 0.1) is 6.04 Å². The van der Waals surface area contributed by atoms with Gasteiger partial charge in [-0.15, -0.1) is 23.2 Å². The average molecular weight is 595 g/mol. The second kappa shape index (κ2) is 11.2. The number of carbonyl (C=O) groups is 5. The van der Waals surface area contributed by atoms with Crippen LogP contribution in [0, 0.1) is 17.8 Å². The van der Waals surface area contributed by atoms with E-state index in [1.165, 1.54) is 4.90 Å². The number of rotatable bonds is 9. The average Bonchev–Trinajstić information content (AvgIpc) is 3.24. The van der Waals surface area contributed by atoms with Crippen LogP contribution in [-0.2, 0) is 32.0 Å². The molecule has 1 saturated heterocycles. The minimum Gasteiger partial charge on any atom is -0.363 e. The molecule has 10 nitrogen and oxygen atoms in total. The number of piperidine rings is 1. The van der Waals surface area contributed by atoms with Crippen LogP contribution in [0.2, 0.25) is 0 Å². The van der Waals surface area contributed by atoms with Crippen LogP contribution in [0.25, 0.3) is 0 Å². The number of Topliss-reactive ketones (excluding diaryl/α,β-unsaturated/α-hetero) is 1. The topological polar surface area (TPSA) is 151 Å². The van der Waals surface area contributed by atoms with E-state index in [-0.39, 0.29) is 24.8 Å². The van der Waals surface area contributed by atoms with Crippen molar-refractivity contribution in [3.8, 4) is 0 Å². The van der Waals surface area contributed by atoms with Crippen LogP contribution in [0.3, 0.4) is 0 Å². The number of hydrogen-bond acceptors (Lipinski definition) is 5. The molecule has 4 rings (SSSR count). The summed E-state index contributed by atoms with van der Waals surface area (Å²) in [6.07, 6.45) is 1.88. The Morgan fingerprint density at radius 1 is 1.07 bits per heavy atom. The monoisotopic (exact) mass is 593 g/mol. The van der Waals surface area contributed by atoms with Crippen LogP contribution in [0.1, 0.15) is 51.7 Å². The Labute approximate surface area is 244 Å². The first-order chi connectivity index (χ1) is 18.7. The number of nitrogens with two attached hydrogens (primary N) is 1. The molecule has 5 amide bonds. The van der Waals surface area contributed by atoms with Gasteiger partial charge in [0.25, 0.3) is 5.91 Å². The molecule has 1 saturated carbocycles. The molecule has 3 aliphatic rings. The molecule has 1 aromatic carbocycles. The van der Waals surface area contributed by atoms with Gasteiger partial charge < -0.3 is 26.6 Å². The number of nitrogens with zero attached hydrogens (tertiary/aromatic N) is 1. The quantitative estimate of drug-likeness (QED) is 0.254. The largest absolute Gasteiger partial charge is 0.363 e. The van der Waals surface area contributed by atoms with Gasteiger partial charge in [0, 0.05) is 23.9 Å². The fourth-order valence-electron chi connectivity index (χ4n) is 6.03. The van der Waals surface area contributed by atoms with Crippen molar-refractivity contribution in [3.63, 3.8) is 0 Å². The molecule has 40 heavy (non-hydrogen) atoms. The van der Waals surface area contributed by atoms with Crippen molar-refractivity contribution < 1.29 is 24.0 Å². The summed E-state index contributed by atoms with van der Waals surface area (Å²) >= 11 is 13.0. The van der Waals surface area contributed by atoms with E-state index in [4.69, 9.17) is 28.9 Å². The number of carbonyl (C=O) groups excluding carboxylic acids is 5. The number of alkyl halides is 2. The number of urea groups is 1. The molecule has 218 valence electrons. The van der Waals surface area contributed by atoms with Gasteiger partial charge in [-0.25, -0.2) is 4.79 Å². The lowest BCUT2D eigenvalue weighted by Gasteiger charge is -2.35. The Hall–Kier alpha value is -2.85. The zero-order valence-corrected chi connectivity index (χ0v) is 24.6. The van der Waals surface area contributed by atoms with Gasteiger partial charge in [0.15, 0.2) is 0 Å². The number of hydrogen-bond donors (Lipinski definition) is 4. The third kappa shape index (κ3) is 6.07.